The number of rotatable bonds is 29. The van der Waals surface area contributed by atoms with Gasteiger partial charge in [0.1, 0.15) is 60.1 Å². The first-order chi connectivity index (χ1) is 67.3. The van der Waals surface area contributed by atoms with Crippen molar-refractivity contribution in [2.24, 2.45) is 45.9 Å². The lowest BCUT2D eigenvalue weighted by Crippen LogP contribution is -2.41. The Labute approximate surface area is 825 Å². The van der Waals surface area contributed by atoms with Crippen LogP contribution in [0.1, 0.15) is 72.6 Å². The molecule has 9 heterocycles. The predicted molar refractivity (Wildman–Crippen MR) is 544 cm³/mol. The van der Waals surface area contributed by atoms with Crippen LogP contribution in [0, 0.1) is 13.8 Å². The highest BCUT2D eigenvalue weighted by Gasteiger charge is 2.27. The van der Waals surface area contributed by atoms with Crippen molar-refractivity contribution in [2.45, 2.75) is 139 Å². The van der Waals surface area contributed by atoms with Gasteiger partial charge in [-0.05, 0) is 200 Å². The highest BCUT2D eigenvalue weighted by molar-refractivity contribution is 9.10. The van der Waals surface area contributed by atoms with Crippen LogP contribution in [0.25, 0.3) is 65.2 Å². The van der Waals surface area contributed by atoms with Crippen LogP contribution in [0.3, 0.4) is 0 Å². The summed E-state index contributed by atoms with van der Waals surface area (Å²) >= 11 is 6.55. The minimum absolute atomic E-state index is 0.150. The number of phenolic OH excluding ortho intramolecular Hbond substituents is 1. The maximum atomic E-state index is 10.9. The van der Waals surface area contributed by atoms with Gasteiger partial charge in [-0.15, -0.1) is 11.3 Å². The topological polar surface area (TPSA) is 667 Å². The van der Waals surface area contributed by atoms with Crippen molar-refractivity contribution in [1.82, 2.24) is 34.8 Å². The number of aromatic amines is 3. The lowest BCUT2D eigenvalue weighted by atomic mass is 9.98. The molecule has 0 bridgehead atoms. The Morgan fingerprint density at radius 3 is 1.48 bits per heavy atom. The summed E-state index contributed by atoms with van der Waals surface area (Å²) in [6.45, 7) is 5.42. The summed E-state index contributed by atoms with van der Waals surface area (Å²) in [5.74, 6) is -8.52. The molecular weight excluding hydrogens is 1910 g/mol. The second kappa shape index (κ2) is 54.3. The number of furan rings is 1. The van der Waals surface area contributed by atoms with Gasteiger partial charge in [0.2, 0.25) is 0 Å². The summed E-state index contributed by atoms with van der Waals surface area (Å²) in [6, 6.07) is 60.8. The number of aromatic hydroxyl groups is 1. The van der Waals surface area contributed by atoms with E-state index in [0.717, 1.165) is 122 Å². The number of halogens is 1. The molecule has 16 aromatic rings. The Balaban J connectivity index is 0.000000178. The zero-order valence-corrected chi connectivity index (χ0v) is 79.9. The number of aryl methyl sites for hydroxylation is 2. The van der Waals surface area contributed by atoms with Gasteiger partial charge in [0, 0.05) is 123 Å². The number of nitrogens with two attached hydrogens (primary N) is 8. The fourth-order valence-electron chi connectivity index (χ4n) is 14.3. The van der Waals surface area contributed by atoms with Gasteiger partial charge in [-0.25, -0.2) is 4.98 Å². The number of para-hydroxylation sites is 1. The van der Waals surface area contributed by atoms with Crippen LogP contribution < -0.4 is 51.2 Å². The molecule has 0 radical (unpaired) electrons. The van der Waals surface area contributed by atoms with E-state index in [1.165, 1.54) is 33.9 Å². The summed E-state index contributed by atoms with van der Waals surface area (Å²) in [5.41, 5.74) is 63.5. The molecule has 1 aliphatic rings. The highest BCUT2D eigenvalue weighted by atomic mass is 79.9. The molecule has 9 atom stereocenters. The number of H-pyrrole nitrogens is 3. The number of phenols is 1. The zero-order chi connectivity index (χ0) is 103. The van der Waals surface area contributed by atoms with Crippen molar-refractivity contribution >= 4 is 135 Å². The van der Waals surface area contributed by atoms with E-state index >= 15 is 0 Å². The Bertz CT molecular complexity index is 6530. The quantitative estimate of drug-likeness (QED) is 0.0207. The monoisotopic (exact) mass is 2020 g/mol. The van der Waals surface area contributed by atoms with Gasteiger partial charge in [0.15, 0.2) is 0 Å². The number of benzene rings is 8. The second-order valence-corrected chi connectivity index (χ2v) is 35.4. The molecule has 17 rings (SSSR count). The van der Waals surface area contributed by atoms with E-state index < -0.39 is 108 Å². The number of aromatic nitrogens is 6. The molecule has 1 aliphatic heterocycles. The number of hydrogen-bond donors (Lipinski definition) is 22. The number of aliphatic carboxylic acids is 9. The summed E-state index contributed by atoms with van der Waals surface area (Å²) in [4.78, 5) is 113. The highest BCUT2D eigenvalue weighted by Crippen LogP contribution is 2.31. The second-order valence-electron chi connectivity index (χ2n) is 32.8. The Morgan fingerprint density at radius 1 is 0.454 bits per heavy atom. The minimum Gasteiger partial charge on any atom is -0.508 e. The molecule has 0 saturated heterocycles. The smallest absolute Gasteiger partial charge is 0.321 e. The summed E-state index contributed by atoms with van der Waals surface area (Å²) < 4.78 is 8.80. The Hall–Kier alpha value is -15.2. The Kier molecular flexibility index (Phi) is 42.1. The standard InChI is InChI=1S/C16H17NO2.C15H16N2O2.C13H15N3O2.C12H12N2O2.C11H11BrN2O2.C11H12N2O3.C11H11NO2S.C7H9NO3.C7H9NO2S/c1-11-4-2-3-5-14(11)13-8-6-12(7-9-13)10-15(17)16(18)19;1-10-4-2-3-5-12(10)14-7-6-11(9-17-14)8-13(16)15(18)19;14-12(13(17)18)6-11-8-16(9-15-11)7-10-4-2-1-3-5-10;15-12(16)10-5-8-7-3-1-2-4-9(7)14-11(8)6-13-10;12-7-1-2-10-8(4-7)6(5-14-10)3-9(13)11(15)16;12-9(11(15)16)3-6-5-13-10-2-1-7(14)4-8(6)10;12-9(11(13)14)5-7-6-15-10-4-2-1-3-8(7)10;2*8-6(7(9)10)3-5-1-2-11-4-5/h2-9,15H,10,17H2,1H3,(H,18,19);2-7,9,13H,8,16H2,1H3,(H,18,19);1-5,8-9,12H,6-7,14H2,(H,17,18);1-4,10,13-14H,5-6H2,(H,15,16);1-2,4-5,9,14H,3,13H2,(H,15,16);1-2,4-5,9,13-14H,3,12H2,(H,15,16);1-4,6,9H,5,12H2,(H,13,14);2*1-2,4,6H,3,8H2,(H,9,10)/t15-;13-;12-;10-;;2*9-;2*6-/m0000.0000/s1. The number of fused-ring (bicyclic) bond motifs is 6. The van der Waals surface area contributed by atoms with Gasteiger partial charge >= 0.3 is 53.7 Å². The molecule has 38 heteroatoms. The number of thiophene rings is 2. The van der Waals surface area contributed by atoms with Crippen LogP contribution >= 0.6 is 38.6 Å². The third-order valence-corrected chi connectivity index (χ3v) is 24.2. The molecule has 8 aromatic carbocycles. The largest absolute Gasteiger partial charge is 0.508 e. The van der Waals surface area contributed by atoms with Gasteiger partial charge in [0.25, 0.3) is 0 Å². The normalized spacial score (nSPS) is 13.3. The van der Waals surface area contributed by atoms with E-state index in [4.69, 9.17) is 96.2 Å². The molecule has 0 spiro atoms. The molecule has 30 N–H and O–H groups in total. The SMILES string of the molecule is Cc1ccccc1-c1ccc(C[C@H](N)C(=O)O)cc1.Cc1ccccc1-c1ccc(C[C@H](N)C(=O)O)cn1.NC(Cc1c[nH]c2ccc(Br)cc12)C(=O)O.N[C@@H](Cc1c[nH]c2ccc(O)cc12)C(=O)O.N[C@@H](Cc1ccoc1)C(=O)O.N[C@@H](Cc1ccsc1)C(=O)O.N[C@@H](Cc1cn(Cc2ccccc2)cn1)C(=O)O.N[C@@H](Cc1csc2ccccc12)C(=O)O.O=C(O)[C@@H]1Cc2c([nH]c3ccccc23)CN1. The number of carboxylic acid groups (broad SMARTS) is 9. The van der Waals surface area contributed by atoms with Crippen molar-refractivity contribution in [3.05, 3.63) is 349 Å². The number of hydrogen-bond acceptors (Lipinski definition) is 24. The van der Waals surface area contributed by atoms with Crippen molar-refractivity contribution < 1.29 is 98.6 Å². The molecular formula is C103H112BrN15O20S2. The van der Waals surface area contributed by atoms with E-state index in [9.17, 15) is 48.3 Å². The third kappa shape index (κ3) is 34.4. The molecule has 8 aromatic heterocycles. The van der Waals surface area contributed by atoms with Crippen molar-refractivity contribution in [1.29, 1.82) is 0 Å². The molecule has 0 saturated carbocycles. The number of pyridine rings is 1. The average molecular weight is 2020 g/mol. The van der Waals surface area contributed by atoms with Gasteiger partial charge in [-0.2, -0.15) is 11.3 Å². The number of imidazole rings is 1. The summed E-state index contributed by atoms with van der Waals surface area (Å²) in [5, 5.41) is 101. The van der Waals surface area contributed by atoms with E-state index in [1.54, 1.807) is 71.9 Å². The first kappa shape index (κ1) is 109. The van der Waals surface area contributed by atoms with Gasteiger partial charge in [-0.3, -0.25) is 53.5 Å². The molecule has 35 nitrogen and oxygen atoms in total. The minimum atomic E-state index is -1.03. The number of nitrogens with one attached hydrogen (secondary N) is 4. The fraction of sp³-hybridized carbons (Fsp3) is 0.214. The van der Waals surface area contributed by atoms with Gasteiger partial charge in [-0.1, -0.05) is 162 Å². The molecule has 738 valence electrons. The zero-order valence-electron chi connectivity index (χ0n) is 76.7. The third-order valence-electron chi connectivity index (χ3n) is 22.0. The molecule has 0 fully saturated rings. The van der Waals surface area contributed by atoms with E-state index in [0.29, 0.717) is 50.8 Å². The van der Waals surface area contributed by atoms with Crippen LogP contribution in [-0.2, 0) is 114 Å². The van der Waals surface area contributed by atoms with Crippen molar-refractivity contribution in [2.75, 3.05) is 0 Å². The van der Waals surface area contributed by atoms with E-state index in [2.05, 4.69) is 65.2 Å². The Morgan fingerprint density at radius 2 is 0.943 bits per heavy atom. The fourth-order valence-corrected chi connectivity index (χ4v) is 16.3. The van der Waals surface area contributed by atoms with Crippen LogP contribution in [0.4, 0.5) is 0 Å². The lowest BCUT2D eigenvalue weighted by Gasteiger charge is -2.20. The number of carboxylic acids is 9. The van der Waals surface area contributed by atoms with Crippen LogP contribution in [0.15, 0.2) is 281 Å². The molecule has 141 heavy (non-hydrogen) atoms. The van der Waals surface area contributed by atoms with Crippen LogP contribution in [0.2, 0.25) is 0 Å². The summed E-state index contributed by atoms with van der Waals surface area (Å²) in [7, 11) is 0. The predicted octanol–water partition coefficient (Wildman–Crippen LogP) is 12.3. The summed E-state index contributed by atoms with van der Waals surface area (Å²) in [6.07, 6.45) is 14.8. The van der Waals surface area contributed by atoms with Gasteiger partial charge < -0.3 is 121 Å². The van der Waals surface area contributed by atoms with Crippen LogP contribution in [-0.4, -0.2) is 189 Å². The lowest BCUT2D eigenvalue weighted by molar-refractivity contribution is -0.140. The van der Waals surface area contributed by atoms with Crippen molar-refractivity contribution in [3.63, 3.8) is 0 Å². The van der Waals surface area contributed by atoms with Gasteiger partial charge in [0.05, 0.1) is 30.2 Å². The van der Waals surface area contributed by atoms with Crippen LogP contribution in [0.5, 0.6) is 5.75 Å². The maximum Gasteiger partial charge on any atom is 0.321 e. The number of carbonyl (C=O) groups is 9. The average Bonchev–Trinajstić information content (AvgIpc) is 1.64. The molecule has 1 unspecified atom stereocenters. The van der Waals surface area contributed by atoms with E-state index in [-0.39, 0.29) is 25.0 Å². The van der Waals surface area contributed by atoms with Crippen molar-refractivity contribution in [3.8, 4) is 28.1 Å². The maximum absolute atomic E-state index is 10.9. The first-order valence-electron chi connectivity index (χ1n) is 43.9. The first-order valence-corrected chi connectivity index (χ1v) is 46.5. The van der Waals surface area contributed by atoms with E-state index in [1.807, 2.05) is 210 Å². The molecule has 0 aliphatic carbocycles. The molecule has 0 amide bonds. The number of nitrogens with zero attached hydrogens (tertiary/aromatic N) is 3.